The van der Waals surface area contributed by atoms with Crippen LogP contribution in [0.5, 0.6) is 5.75 Å². The standard InChI is InChI=1S/C11H15ClOS/c1-11(2,14-4)9-6-5-8(12)7-10(9)13-3/h5-7H,1-4H3. The van der Waals surface area contributed by atoms with Crippen LogP contribution in [0.15, 0.2) is 18.2 Å². The van der Waals surface area contributed by atoms with E-state index >= 15 is 0 Å². The molecule has 3 heteroatoms. The van der Waals surface area contributed by atoms with Crippen molar-refractivity contribution in [2.75, 3.05) is 13.4 Å². The van der Waals surface area contributed by atoms with E-state index in [1.165, 1.54) is 5.56 Å². The van der Waals surface area contributed by atoms with Crippen molar-refractivity contribution in [3.8, 4) is 5.75 Å². The van der Waals surface area contributed by atoms with Crippen LogP contribution in [0.25, 0.3) is 0 Å². The van der Waals surface area contributed by atoms with E-state index in [9.17, 15) is 0 Å². The predicted octanol–water partition coefficient (Wildman–Crippen LogP) is 3.95. The van der Waals surface area contributed by atoms with Gasteiger partial charge in [-0.05, 0) is 32.2 Å². The highest BCUT2D eigenvalue weighted by atomic mass is 35.5. The van der Waals surface area contributed by atoms with Crippen molar-refractivity contribution in [3.63, 3.8) is 0 Å². The second-order valence-corrected chi connectivity index (χ2v) is 5.42. The molecule has 0 bridgehead atoms. The van der Waals surface area contributed by atoms with Gasteiger partial charge in [-0.1, -0.05) is 17.7 Å². The summed E-state index contributed by atoms with van der Waals surface area (Å²) in [6.45, 7) is 4.34. The van der Waals surface area contributed by atoms with E-state index in [0.717, 1.165) is 5.75 Å². The predicted molar refractivity (Wildman–Crippen MR) is 64.5 cm³/mol. The quantitative estimate of drug-likeness (QED) is 0.778. The van der Waals surface area contributed by atoms with E-state index in [1.807, 2.05) is 18.2 Å². The van der Waals surface area contributed by atoms with Gasteiger partial charge in [-0.25, -0.2) is 0 Å². The van der Waals surface area contributed by atoms with Crippen molar-refractivity contribution in [1.82, 2.24) is 0 Å². The zero-order valence-electron chi connectivity index (χ0n) is 8.93. The Labute approximate surface area is 94.8 Å². The lowest BCUT2D eigenvalue weighted by Crippen LogP contribution is -2.12. The zero-order valence-corrected chi connectivity index (χ0v) is 10.5. The lowest BCUT2D eigenvalue weighted by atomic mass is 10.0. The molecular weight excluding hydrogens is 216 g/mol. The van der Waals surface area contributed by atoms with Crippen molar-refractivity contribution in [1.29, 1.82) is 0 Å². The molecule has 1 aromatic rings. The van der Waals surface area contributed by atoms with Crippen LogP contribution in [0.1, 0.15) is 19.4 Å². The molecule has 0 aliphatic rings. The minimum absolute atomic E-state index is 0.0515. The highest BCUT2D eigenvalue weighted by Crippen LogP contribution is 2.39. The topological polar surface area (TPSA) is 9.23 Å². The Kier molecular flexibility index (Phi) is 3.73. The molecule has 0 amide bonds. The number of thioether (sulfide) groups is 1. The minimum atomic E-state index is 0.0515. The molecule has 0 atom stereocenters. The molecule has 0 radical (unpaired) electrons. The van der Waals surface area contributed by atoms with Gasteiger partial charge in [0.15, 0.2) is 0 Å². The third kappa shape index (κ3) is 2.37. The molecule has 1 rings (SSSR count). The van der Waals surface area contributed by atoms with Crippen LogP contribution < -0.4 is 4.74 Å². The molecule has 0 saturated heterocycles. The smallest absolute Gasteiger partial charge is 0.124 e. The van der Waals surface area contributed by atoms with Gasteiger partial charge in [0.25, 0.3) is 0 Å². The Morgan fingerprint density at radius 2 is 2.00 bits per heavy atom. The van der Waals surface area contributed by atoms with E-state index in [2.05, 4.69) is 20.1 Å². The maximum absolute atomic E-state index is 5.90. The number of methoxy groups -OCH3 is 1. The normalized spacial score (nSPS) is 11.5. The van der Waals surface area contributed by atoms with Crippen LogP contribution in [0, 0.1) is 0 Å². The molecule has 0 aliphatic heterocycles. The summed E-state index contributed by atoms with van der Waals surface area (Å²) in [7, 11) is 1.67. The lowest BCUT2D eigenvalue weighted by Gasteiger charge is -2.24. The Balaban J connectivity index is 3.20. The Morgan fingerprint density at radius 1 is 1.36 bits per heavy atom. The monoisotopic (exact) mass is 230 g/mol. The minimum Gasteiger partial charge on any atom is -0.496 e. The number of ether oxygens (including phenoxy) is 1. The molecule has 1 nitrogen and oxygen atoms in total. The molecule has 0 fully saturated rings. The molecule has 0 aromatic heterocycles. The first-order valence-corrected chi connectivity index (χ1v) is 6.00. The van der Waals surface area contributed by atoms with Crippen LogP contribution >= 0.6 is 23.4 Å². The van der Waals surface area contributed by atoms with E-state index in [4.69, 9.17) is 16.3 Å². The zero-order chi connectivity index (χ0) is 10.8. The first kappa shape index (κ1) is 11.7. The van der Waals surface area contributed by atoms with E-state index in [-0.39, 0.29) is 4.75 Å². The number of benzene rings is 1. The van der Waals surface area contributed by atoms with Gasteiger partial charge < -0.3 is 4.74 Å². The average Bonchev–Trinajstić information content (AvgIpc) is 2.17. The SMILES string of the molecule is COc1cc(Cl)ccc1C(C)(C)SC. The van der Waals surface area contributed by atoms with Gasteiger partial charge in [-0.15, -0.1) is 0 Å². The summed E-state index contributed by atoms with van der Waals surface area (Å²) in [4.78, 5) is 0. The maximum Gasteiger partial charge on any atom is 0.124 e. The molecule has 0 unspecified atom stereocenters. The van der Waals surface area contributed by atoms with Gasteiger partial charge in [-0.2, -0.15) is 11.8 Å². The number of hydrogen-bond donors (Lipinski definition) is 0. The van der Waals surface area contributed by atoms with Crippen molar-refractivity contribution in [3.05, 3.63) is 28.8 Å². The molecule has 78 valence electrons. The molecule has 0 spiro atoms. The fourth-order valence-corrected chi connectivity index (χ4v) is 1.82. The lowest BCUT2D eigenvalue weighted by molar-refractivity contribution is 0.406. The second kappa shape index (κ2) is 4.45. The van der Waals surface area contributed by atoms with Gasteiger partial charge in [0, 0.05) is 15.3 Å². The summed E-state index contributed by atoms with van der Waals surface area (Å²) in [6, 6.07) is 5.78. The molecule has 0 heterocycles. The summed E-state index contributed by atoms with van der Waals surface area (Å²) >= 11 is 7.69. The van der Waals surface area contributed by atoms with Crippen molar-refractivity contribution >= 4 is 23.4 Å². The third-order valence-corrected chi connectivity index (χ3v) is 3.80. The van der Waals surface area contributed by atoms with E-state index in [0.29, 0.717) is 5.02 Å². The highest BCUT2D eigenvalue weighted by Gasteiger charge is 2.22. The second-order valence-electron chi connectivity index (χ2n) is 3.56. The largest absolute Gasteiger partial charge is 0.496 e. The highest BCUT2D eigenvalue weighted by molar-refractivity contribution is 7.99. The van der Waals surface area contributed by atoms with Crippen LogP contribution in [-0.2, 0) is 4.75 Å². The van der Waals surface area contributed by atoms with Gasteiger partial charge in [-0.3, -0.25) is 0 Å². The Morgan fingerprint density at radius 3 is 2.50 bits per heavy atom. The third-order valence-electron chi connectivity index (χ3n) is 2.32. The first-order chi connectivity index (χ1) is 6.51. The number of rotatable bonds is 3. The molecule has 14 heavy (non-hydrogen) atoms. The number of hydrogen-bond acceptors (Lipinski definition) is 2. The molecular formula is C11H15ClOS. The van der Waals surface area contributed by atoms with Crippen molar-refractivity contribution in [2.45, 2.75) is 18.6 Å². The summed E-state index contributed by atoms with van der Waals surface area (Å²) in [6.07, 6.45) is 2.09. The molecule has 0 aliphatic carbocycles. The van der Waals surface area contributed by atoms with Crippen LogP contribution in [0.2, 0.25) is 5.02 Å². The van der Waals surface area contributed by atoms with Gasteiger partial charge in [0.1, 0.15) is 5.75 Å². The maximum atomic E-state index is 5.90. The number of halogens is 1. The van der Waals surface area contributed by atoms with Gasteiger partial charge >= 0.3 is 0 Å². The Hall–Kier alpha value is -0.340. The summed E-state index contributed by atoms with van der Waals surface area (Å²) in [5, 5.41) is 0.711. The van der Waals surface area contributed by atoms with Crippen molar-refractivity contribution in [2.24, 2.45) is 0 Å². The summed E-state index contributed by atoms with van der Waals surface area (Å²) in [5.74, 6) is 0.858. The molecule has 0 N–H and O–H groups in total. The van der Waals surface area contributed by atoms with Gasteiger partial charge in [0.05, 0.1) is 7.11 Å². The molecule has 0 saturated carbocycles. The van der Waals surface area contributed by atoms with Gasteiger partial charge in [0.2, 0.25) is 0 Å². The Bertz CT molecular complexity index is 323. The summed E-state index contributed by atoms with van der Waals surface area (Å²) < 4.78 is 5.37. The van der Waals surface area contributed by atoms with Crippen LogP contribution in [0.3, 0.4) is 0 Å². The van der Waals surface area contributed by atoms with Crippen LogP contribution in [0.4, 0.5) is 0 Å². The fraction of sp³-hybridized carbons (Fsp3) is 0.455. The average molecular weight is 231 g/mol. The van der Waals surface area contributed by atoms with E-state index < -0.39 is 0 Å². The fourth-order valence-electron chi connectivity index (χ4n) is 1.27. The van der Waals surface area contributed by atoms with Crippen molar-refractivity contribution < 1.29 is 4.74 Å². The summed E-state index contributed by atoms with van der Waals surface area (Å²) in [5.41, 5.74) is 1.18. The molecule has 1 aromatic carbocycles. The van der Waals surface area contributed by atoms with E-state index in [1.54, 1.807) is 18.9 Å². The first-order valence-electron chi connectivity index (χ1n) is 4.40. The van der Waals surface area contributed by atoms with Crippen LogP contribution in [-0.4, -0.2) is 13.4 Å².